The molecule has 3 aromatic rings. The maximum atomic E-state index is 14.1. The lowest BCUT2D eigenvalue weighted by Crippen LogP contribution is -2.72. The molecule has 3 fully saturated rings. The molecule has 3 heterocycles. The van der Waals surface area contributed by atoms with Crippen LogP contribution in [-0.2, 0) is 22.7 Å². The molecule has 6 rings (SSSR count). The smallest absolute Gasteiger partial charge is 0.246 e. The quantitative estimate of drug-likeness (QED) is 0.430. The number of nitrogens with one attached hydrogen (secondary N) is 1. The number of carbonyl (C=O) groups is 2. The van der Waals surface area contributed by atoms with Gasteiger partial charge >= 0.3 is 0 Å². The summed E-state index contributed by atoms with van der Waals surface area (Å²) < 4.78 is 2.03. The highest BCUT2D eigenvalue weighted by molar-refractivity contribution is 6.00. The van der Waals surface area contributed by atoms with Gasteiger partial charge in [0.05, 0.1) is 11.4 Å². The molecule has 0 bridgehead atoms. The third-order valence-corrected chi connectivity index (χ3v) is 9.79. The van der Waals surface area contributed by atoms with Gasteiger partial charge in [0.25, 0.3) is 0 Å². The van der Waals surface area contributed by atoms with Crippen LogP contribution in [-0.4, -0.2) is 56.1 Å². The second-order valence-electron chi connectivity index (χ2n) is 12.4. The Balaban J connectivity index is 1.20. The number of aromatic nitrogens is 2. The van der Waals surface area contributed by atoms with Crippen LogP contribution in [0.4, 0.5) is 0 Å². The van der Waals surface area contributed by atoms with Gasteiger partial charge in [-0.3, -0.25) is 14.5 Å². The number of rotatable bonds is 7. The van der Waals surface area contributed by atoms with E-state index < -0.39 is 11.6 Å². The maximum absolute atomic E-state index is 14.1. The van der Waals surface area contributed by atoms with Crippen molar-refractivity contribution in [3.05, 3.63) is 83.2 Å². The molecule has 7 heteroatoms. The first-order chi connectivity index (χ1) is 19.9. The zero-order valence-corrected chi connectivity index (χ0v) is 24.5. The minimum absolute atomic E-state index is 0.0396. The highest BCUT2D eigenvalue weighted by atomic mass is 16.2. The molecule has 2 aliphatic heterocycles. The fourth-order valence-corrected chi connectivity index (χ4v) is 7.31. The molecule has 2 aromatic carbocycles. The number of benzene rings is 2. The topological polar surface area (TPSA) is 70.5 Å². The van der Waals surface area contributed by atoms with Gasteiger partial charge in [-0.1, -0.05) is 80.6 Å². The second kappa shape index (κ2) is 11.8. The van der Waals surface area contributed by atoms with E-state index in [0.717, 1.165) is 61.5 Å². The Morgan fingerprint density at radius 1 is 0.878 bits per heavy atom. The Hall–Kier alpha value is -3.45. The van der Waals surface area contributed by atoms with Crippen molar-refractivity contribution in [1.82, 2.24) is 24.9 Å². The number of piperidine rings is 1. The second-order valence-corrected chi connectivity index (χ2v) is 12.4. The van der Waals surface area contributed by atoms with Gasteiger partial charge in [0, 0.05) is 37.4 Å². The molecule has 1 aromatic heterocycles. The maximum Gasteiger partial charge on any atom is 0.246 e. The number of nitrogens with zero attached hydrogens (tertiary/aromatic N) is 4. The number of aryl methyl sites for hydroxylation is 1. The molecule has 1 spiro atoms. The first-order valence-corrected chi connectivity index (χ1v) is 15.4. The molecule has 1 unspecified atom stereocenters. The lowest BCUT2D eigenvalue weighted by Gasteiger charge is -2.52. The SMILES string of the molecule is Cc1nn(-c2ccccc2)c(C)c1CN1CCC2(CC1)C(=O)NC(CC1CCCCC1)C(=O)N2Cc1ccccc1. The number of amides is 2. The molecule has 1 saturated carbocycles. The van der Waals surface area contributed by atoms with Gasteiger partial charge in [0.1, 0.15) is 11.6 Å². The molecular formula is C34H43N5O2. The van der Waals surface area contributed by atoms with Crippen LogP contribution in [0.15, 0.2) is 60.7 Å². The number of hydrogen-bond donors (Lipinski definition) is 1. The van der Waals surface area contributed by atoms with Crippen LogP contribution < -0.4 is 5.32 Å². The van der Waals surface area contributed by atoms with E-state index in [1.54, 1.807) is 0 Å². The van der Waals surface area contributed by atoms with Crippen molar-refractivity contribution in [3.63, 3.8) is 0 Å². The molecule has 7 nitrogen and oxygen atoms in total. The molecule has 0 radical (unpaired) electrons. The normalized spacial score (nSPS) is 21.8. The Morgan fingerprint density at radius 3 is 2.22 bits per heavy atom. The van der Waals surface area contributed by atoms with Crippen LogP contribution >= 0.6 is 0 Å². The van der Waals surface area contributed by atoms with Gasteiger partial charge in [0.2, 0.25) is 11.8 Å². The Labute approximate surface area is 243 Å². The van der Waals surface area contributed by atoms with Crippen molar-refractivity contribution in [1.29, 1.82) is 0 Å². The van der Waals surface area contributed by atoms with Gasteiger partial charge in [-0.05, 0) is 56.7 Å². The van der Waals surface area contributed by atoms with Crippen LogP contribution in [0.1, 0.15) is 73.9 Å². The number of para-hydroxylation sites is 1. The van der Waals surface area contributed by atoms with Crippen LogP contribution in [0.5, 0.6) is 0 Å². The highest BCUT2D eigenvalue weighted by Crippen LogP contribution is 2.37. The third kappa shape index (κ3) is 5.56. The van der Waals surface area contributed by atoms with Crippen LogP contribution in [0.2, 0.25) is 0 Å². The summed E-state index contributed by atoms with van der Waals surface area (Å²) in [4.78, 5) is 32.4. The van der Waals surface area contributed by atoms with Gasteiger partial charge < -0.3 is 10.2 Å². The van der Waals surface area contributed by atoms with E-state index >= 15 is 0 Å². The fourth-order valence-electron chi connectivity index (χ4n) is 7.31. The summed E-state index contributed by atoms with van der Waals surface area (Å²) in [6, 6.07) is 20.0. The highest BCUT2D eigenvalue weighted by Gasteiger charge is 2.53. The molecule has 41 heavy (non-hydrogen) atoms. The predicted molar refractivity (Wildman–Crippen MR) is 160 cm³/mol. The summed E-state index contributed by atoms with van der Waals surface area (Å²) in [5.41, 5.74) is 4.76. The molecule has 1 N–H and O–H groups in total. The third-order valence-electron chi connectivity index (χ3n) is 9.79. The van der Waals surface area contributed by atoms with E-state index in [4.69, 9.17) is 5.10 Å². The number of piperazine rings is 1. The van der Waals surface area contributed by atoms with Crippen LogP contribution in [0.3, 0.4) is 0 Å². The molecule has 1 aliphatic carbocycles. The number of hydrogen-bond acceptors (Lipinski definition) is 4. The summed E-state index contributed by atoms with van der Waals surface area (Å²) in [5.74, 6) is 0.664. The first-order valence-electron chi connectivity index (χ1n) is 15.4. The van der Waals surface area contributed by atoms with E-state index in [2.05, 4.69) is 48.3 Å². The molecule has 2 amide bonds. The summed E-state index contributed by atoms with van der Waals surface area (Å²) >= 11 is 0. The average molecular weight is 554 g/mol. The lowest BCUT2D eigenvalue weighted by atomic mass is 9.79. The van der Waals surface area contributed by atoms with E-state index in [1.165, 1.54) is 24.8 Å². The van der Waals surface area contributed by atoms with Crippen molar-refractivity contribution in [2.45, 2.75) is 89.9 Å². The van der Waals surface area contributed by atoms with E-state index in [0.29, 0.717) is 25.3 Å². The number of carbonyl (C=O) groups excluding carboxylic acids is 2. The van der Waals surface area contributed by atoms with Gasteiger partial charge in [0.15, 0.2) is 0 Å². The first kappa shape index (κ1) is 27.7. The number of likely N-dealkylation sites (tertiary alicyclic amines) is 1. The Kier molecular flexibility index (Phi) is 7.98. The van der Waals surface area contributed by atoms with Gasteiger partial charge in [-0.2, -0.15) is 5.10 Å². The predicted octanol–water partition coefficient (Wildman–Crippen LogP) is 5.32. The Bertz CT molecular complexity index is 1350. The van der Waals surface area contributed by atoms with Gasteiger partial charge in [-0.15, -0.1) is 0 Å². The van der Waals surface area contributed by atoms with E-state index in [9.17, 15) is 9.59 Å². The monoisotopic (exact) mass is 553 g/mol. The zero-order chi connectivity index (χ0) is 28.4. The van der Waals surface area contributed by atoms with Crippen molar-refractivity contribution in [2.24, 2.45) is 5.92 Å². The zero-order valence-electron chi connectivity index (χ0n) is 24.5. The minimum Gasteiger partial charge on any atom is -0.342 e. The van der Waals surface area contributed by atoms with Gasteiger partial charge in [-0.25, -0.2) is 4.68 Å². The van der Waals surface area contributed by atoms with Crippen molar-refractivity contribution in [2.75, 3.05) is 13.1 Å². The van der Waals surface area contributed by atoms with Crippen LogP contribution in [0.25, 0.3) is 5.69 Å². The Morgan fingerprint density at radius 2 is 1.54 bits per heavy atom. The standard InChI is InChI=1S/C34H43N5O2/c1-25-30(26(2)39(36-25)29-16-10-5-11-17-29)24-37-20-18-34(19-21-37)33(41)35-31(22-27-12-6-3-7-13-27)32(40)38(34)23-28-14-8-4-9-15-28/h4-5,8-11,14-17,27,31H,3,6-7,12-13,18-24H2,1-2H3,(H,35,41). The van der Waals surface area contributed by atoms with Crippen molar-refractivity contribution < 1.29 is 9.59 Å². The molecule has 216 valence electrons. The molecule has 2 saturated heterocycles. The lowest BCUT2D eigenvalue weighted by molar-refractivity contribution is -0.163. The minimum atomic E-state index is -0.801. The van der Waals surface area contributed by atoms with Crippen molar-refractivity contribution in [3.8, 4) is 5.69 Å². The summed E-state index contributed by atoms with van der Waals surface area (Å²) in [6.45, 7) is 7.00. The summed E-state index contributed by atoms with van der Waals surface area (Å²) in [7, 11) is 0. The van der Waals surface area contributed by atoms with E-state index in [-0.39, 0.29) is 11.8 Å². The molecular weight excluding hydrogens is 510 g/mol. The molecule has 1 atom stereocenters. The fraction of sp³-hybridized carbons (Fsp3) is 0.500. The van der Waals surface area contributed by atoms with E-state index in [1.807, 2.05) is 46.0 Å². The van der Waals surface area contributed by atoms with Crippen molar-refractivity contribution >= 4 is 11.8 Å². The summed E-state index contributed by atoms with van der Waals surface area (Å²) in [5, 5.41) is 8.07. The average Bonchev–Trinajstić information content (AvgIpc) is 3.29. The van der Waals surface area contributed by atoms with Crippen LogP contribution in [0, 0.1) is 19.8 Å². The molecule has 3 aliphatic rings. The summed E-state index contributed by atoms with van der Waals surface area (Å²) in [6.07, 6.45) is 8.12. The largest absolute Gasteiger partial charge is 0.342 e.